The highest BCUT2D eigenvalue weighted by Gasteiger charge is 2.08. The van der Waals surface area contributed by atoms with E-state index in [9.17, 15) is 9.90 Å². The first-order valence-corrected chi connectivity index (χ1v) is 6.13. The molecule has 0 fully saturated rings. The SMILES string of the molecule is COCC(O)CCNc1ccc(C(=O)N(C)C)cn1. The fourth-order valence-electron chi connectivity index (χ4n) is 1.53. The second-order valence-electron chi connectivity index (χ2n) is 4.46. The number of methoxy groups -OCH3 is 1. The van der Waals surface area contributed by atoms with Gasteiger partial charge in [-0.3, -0.25) is 4.79 Å². The first kappa shape index (κ1) is 15.4. The summed E-state index contributed by atoms with van der Waals surface area (Å²) >= 11 is 0. The molecule has 0 saturated heterocycles. The molecule has 0 aliphatic rings. The van der Waals surface area contributed by atoms with Gasteiger partial charge in [0.15, 0.2) is 0 Å². The van der Waals surface area contributed by atoms with E-state index in [2.05, 4.69) is 10.3 Å². The van der Waals surface area contributed by atoms with Crippen LogP contribution in [-0.2, 0) is 4.74 Å². The van der Waals surface area contributed by atoms with Gasteiger partial charge < -0.3 is 20.1 Å². The summed E-state index contributed by atoms with van der Waals surface area (Å²) in [5.74, 6) is 0.606. The van der Waals surface area contributed by atoms with Gasteiger partial charge in [-0.2, -0.15) is 0 Å². The molecule has 0 radical (unpaired) electrons. The zero-order valence-electron chi connectivity index (χ0n) is 11.6. The summed E-state index contributed by atoms with van der Waals surface area (Å²) in [7, 11) is 4.95. The number of hydrogen-bond acceptors (Lipinski definition) is 5. The van der Waals surface area contributed by atoms with Crippen LogP contribution >= 0.6 is 0 Å². The predicted molar refractivity (Wildman–Crippen MR) is 73.2 cm³/mol. The van der Waals surface area contributed by atoms with E-state index in [1.165, 1.54) is 11.1 Å². The highest BCUT2D eigenvalue weighted by atomic mass is 16.5. The summed E-state index contributed by atoms with van der Waals surface area (Å²) in [6, 6.07) is 3.47. The smallest absolute Gasteiger partial charge is 0.254 e. The maximum Gasteiger partial charge on any atom is 0.254 e. The van der Waals surface area contributed by atoms with Crippen LogP contribution in [-0.4, -0.2) is 61.4 Å². The standard InChI is InChI=1S/C13H21N3O3/c1-16(2)13(18)10-4-5-12(15-8-10)14-7-6-11(17)9-19-3/h4-5,8,11,17H,6-7,9H2,1-3H3,(H,14,15). The highest BCUT2D eigenvalue weighted by molar-refractivity contribution is 5.93. The molecular formula is C13H21N3O3. The fourth-order valence-corrected chi connectivity index (χ4v) is 1.53. The Morgan fingerprint density at radius 3 is 2.79 bits per heavy atom. The van der Waals surface area contributed by atoms with Gasteiger partial charge >= 0.3 is 0 Å². The van der Waals surface area contributed by atoms with Gasteiger partial charge in [0.1, 0.15) is 5.82 Å². The lowest BCUT2D eigenvalue weighted by Crippen LogP contribution is -2.22. The molecule has 0 aliphatic carbocycles. The normalized spacial score (nSPS) is 12.0. The van der Waals surface area contributed by atoms with E-state index in [1.54, 1.807) is 33.3 Å². The number of amides is 1. The number of nitrogens with one attached hydrogen (secondary N) is 1. The van der Waals surface area contributed by atoms with Crippen LogP contribution in [0.4, 0.5) is 5.82 Å². The number of carbonyl (C=O) groups is 1. The van der Waals surface area contributed by atoms with Crippen molar-refractivity contribution in [3.8, 4) is 0 Å². The Hall–Kier alpha value is -1.66. The first-order valence-electron chi connectivity index (χ1n) is 6.13. The number of carbonyl (C=O) groups excluding carboxylic acids is 1. The van der Waals surface area contributed by atoms with Crippen LogP contribution in [0.1, 0.15) is 16.8 Å². The Bertz CT molecular complexity index is 393. The molecule has 1 atom stereocenters. The van der Waals surface area contributed by atoms with Crippen LogP contribution in [0, 0.1) is 0 Å². The summed E-state index contributed by atoms with van der Waals surface area (Å²) in [5, 5.41) is 12.5. The predicted octanol–water partition coefficient (Wildman–Crippen LogP) is 0.593. The molecule has 19 heavy (non-hydrogen) atoms. The van der Waals surface area contributed by atoms with Crippen molar-refractivity contribution in [3.05, 3.63) is 23.9 Å². The Morgan fingerprint density at radius 2 is 2.26 bits per heavy atom. The Balaban J connectivity index is 2.42. The molecule has 1 amide bonds. The van der Waals surface area contributed by atoms with Gasteiger partial charge in [-0.1, -0.05) is 0 Å². The van der Waals surface area contributed by atoms with E-state index in [-0.39, 0.29) is 5.91 Å². The van der Waals surface area contributed by atoms with Crippen LogP contribution in [0.2, 0.25) is 0 Å². The van der Waals surface area contributed by atoms with Crippen LogP contribution in [0.3, 0.4) is 0 Å². The lowest BCUT2D eigenvalue weighted by atomic mass is 10.2. The summed E-state index contributed by atoms with van der Waals surface area (Å²) in [6.45, 7) is 0.921. The molecule has 2 N–H and O–H groups in total. The Morgan fingerprint density at radius 1 is 1.53 bits per heavy atom. The minimum Gasteiger partial charge on any atom is -0.391 e. The van der Waals surface area contributed by atoms with Crippen LogP contribution in [0.25, 0.3) is 0 Å². The van der Waals surface area contributed by atoms with E-state index >= 15 is 0 Å². The van der Waals surface area contributed by atoms with Crippen molar-refractivity contribution in [3.63, 3.8) is 0 Å². The summed E-state index contributed by atoms with van der Waals surface area (Å²) in [4.78, 5) is 17.3. The zero-order chi connectivity index (χ0) is 14.3. The minimum absolute atomic E-state index is 0.0745. The van der Waals surface area contributed by atoms with Gasteiger partial charge in [-0.15, -0.1) is 0 Å². The van der Waals surface area contributed by atoms with Crippen molar-refractivity contribution in [2.24, 2.45) is 0 Å². The molecule has 106 valence electrons. The molecule has 1 aromatic rings. The molecule has 1 heterocycles. The molecule has 0 spiro atoms. The van der Waals surface area contributed by atoms with Gasteiger partial charge in [0.25, 0.3) is 5.91 Å². The number of aliphatic hydroxyl groups excluding tert-OH is 1. The van der Waals surface area contributed by atoms with E-state index in [0.717, 1.165) is 0 Å². The van der Waals surface area contributed by atoms with E-state index in [4.69, 9.17) is 4.74 Å². The largest absolute Gasteiger partial charge is 0.391 e. The topological polar surface area (TPSA) is 74.7 Å². The molecule has 1 aromatic heterocycles. The van der Waals surface area contributed by atoms with E-state index in [1.807, 2.05) is 0 Å². The number of nitrogens with zero attached hydrogens (tertiary/aromatic N) is 2. The molecular weight excluding hydrogens is 246 g/mol. The second kappa shape index (κ2) is 7.70. The molecule has 6 nitrogen and oxygen atoms in total. The Kier molecular flexibility index (Phi) is 6.24. The van der Waals surface area contributed by atoms with Gasteiger partial charge in [0.2, 0.25) is 0 Å². The quantitative estimate of drug-likeness (QED) is 0.756. The fraction of sp³-hybridized carbons (Fsp3) is 0.538. The van der Waals surface area contributed by atoms with Crippen LogP contribution in [0.5, 0.6) is 0 Å². The van der Waals surface area contributed by atoms with E-state index in [0.29, 0.717) is 31.0 Å². The van der Waals surface area contributed by atoms with Gasteiger partial charge in [0.05, 0.1) is 18.3 Å². The van der Waals surface area contributed by atoms with Crippen LogP contribution < -0.4 is 5.32 Å². The zero-order valence-corrected chi connectivity index (χ0v) is 11.6. The number of aliphatic hydroxyl groups is 1. The highest BCUT2D eigenvalue weighted by Crippen LogP contribution is 2.07. The molecule has 6 heteroatoms. The van der Waals surface area contributed by atoms with Crippen molar-refractivity contribution in [2.75, 3.05) is 39.7 Å². The number of anilines is 1. The molecule has 0 aliphatic heterocycles. The maximum atomic E-state index is 11.6. The Labute approximate surface area is 113 Å². The summed E-state index contributed by atoms with van der Waals surface area (Å²) < 4.78 is 4.84. The molecule has 0 bridgehead atoms. The number of rotatable bonds is 7. The number of hydrogen-bond donors (Lipinski definition) is 2. The molecule has 0 saturated carbocycles. The van der Waals surface area contributed by atoms with Crippen LogP contribution in [0.15, 0.2) is 18.3 Å². The third-order valence-corrected chi connectivity index (χ3v) is 2.56. The van der Waals surface area contributed by atoms with Gasteiger partial charge in [-0.05, 0) is 18.6 Å². The third-order valence-electron chi connectivity index (χ3n) is 2.56. The van der Waals surface area contributed by atoms with Crippen molar-refractivity contribution < 1.29 is 14.6 Å². The maximum absolute atomic E-state index is 11.6. The van der Waals surface area contributed by atoms with E-state index < -0.39 is 6.10 Å². The van der Waals surface area contributed by atoms with Crippen molar-refractivity contribution in [2.45, 2.75) is 12.5 Å². The average molecular weight is 267 g/mol. The summed E-state index contributed by atoms with van der Waals surface area (Å²) in [5.41, 5.74) is 0.551. The van der Waals surface area contributed by atoms with Crippen molar-refractivity contribution in [1.82, 2.24) is 9.88 Å². The first-order chi connectivity index (χ1) is 9.04. The number of ether oxygens (including phenoxy) is 1. The summed E-state index contributed by atoms with van der Waals surface area (Å²) in [6.07, 6.45) is 1.64. The van der Waals surface area contributed by atoms with Crippen molar-refractivity contribution >= 4 is 11.7 Å². The lowest BCUT2D eigenvalue weighted by Gasteiger charge is -2.12. The minimum atomic E-state index is -0.480. The monoisotopic (exact) mass is 267 g/mol. The third kappa shape index (κ3) is 5.23. The van der Waals surface area contributed by atoms with Gasteiger partial charge in [-0.25, -0.2) is 4.98 Å². The second-order valence-corrected chi connectivity index (χ2v) is 4.46. The number of aromatic nitrogens is 1. The number of pyridine rings is 1. The molecule has 1 rings (SSSR count). The lowest BCUT2D eigenvalue weighted by molar-refractivity contribution is 0.0615. The van der Waals surface area contributed by atoms with Crippen molar-refractivity contribution in [1.29, 1.82) is 0 Å². The average Bonchev–Trinajstić information content (AvgIpc) is 2.39. The van der Waals surface area contributed by atoms with Gasteiger partial charge in [0, 0.05) is 33.9 Å². The molecule has 0 aromatic carbocycles. The molecule has 1 unspecified atom stereocenters.